The van der Waals surface area contributed by atoms with Crippen LogP contribution in [0.4, 0.5) is 10.1 Å². The fraction of sp³-hybridized carbons (Fsp3) is 0.154. The molecule has 166 valence electrons. The molecule has 1 aliphatic heterocycles. The van der Waals surface area contributed by atoms with E-state index in [-0.39, 0.29) is 17.9 Å². The van der Waals surface area contributed by atoms with Gasteiger partial charge in [0.15, 0.2) is 9.75 Å². The number of hydrogen-bond acceptors (Lipinski definition) is 3. The molecule has 0 saturated carbocycles. The van der Waals surface area contributed by atoms with Crippen molar-refractivity contribution in [3.05, 3.63) is 96.3 Å². The van der Waals surface area contributed by atoms with Gasteiger partial charge >= 0.3 is 0 Å². The zero-order valence-electron chi connectivity index (χ0n) is 17.3. The second-order valence-corrected chi connectivity index (χ2v) is 9.45. The summed E-state index contributed by atoms with van der Waals surface area (Å²) in [5.41, 5.74) is 1.11. The maximum Gasteiger partial charge on any atom is 0.258 e. The van der Waals surface area contributed by atoms with Gasteiger partial charge in [-0.2, -0.15) is 0 Å². The molecule has 1 heterocycles. The smallest absolute Gasteiger partial charge is 0.258 e. The molecule has 1 fully saturated rings. The van der Waals surface area contributed by atoms with Crippen molar-refractivity contribution in [2.45, 2.75) is 22.1 Å². The van der Waals surface area contributed by atoms with Crippen molar-refractivity contribution >= 4 is 51.5 Å². The van der Waals surface area contributed by atoms with Crippen molar-refractivity contribution in [1.29, 1.82) is 0 Å². The number of alkyl halides is 2. The number of fused-ring (bicyclic) bond motifs is 2. The van der Waals surface area contributed by atoms with Crippen LogP contribution in [-0.2, 0) is 9.59 Å². The number of carbonyl (C=O) groups excluding carboxylic acids is 2. The lowest BCUT2D eigenvalue weighted by Crippen LogP contribution is -2.54. The molecule has 1 saturated heterocycles. The van der Waals surface area contributed by atoms with Gasteiger partial charge in [0.1, 0.15) is 11.6 Å². The molecule has 1 N–H and O–H groups in total. The van der Waals surface area contributed by atoms with Gasteiger partial charge in [-0.15, -0.1) is 23.2 Å². The summed E-state index contributed by atoms with van der Waals surface area (Å²) in [4.78, 5) is 24.5. The monoisotopic (exact) mass is 481 g/mol. The Bertz CT molecular complexity index is 1370. The number of benzene rings is 3. The van der Waals surface area contributed by atoms with Gasteiger partial charge < -0.3 is 5.11 Å². The summed E-state index contributed by atoms with van der Waals surface area (Å²) in [5.74, 6) is -2.94. The minimum atomic E-state index is -1.95. The van der Waals surface area contributed by atoms with E-state index in [4.69, 9.17) is 23.2 Å². The van der Waals surface area contributed by atoms with E-state index in [0.29, 0.717) is 16.5 Å². The number of aromatic hydroxyl groups is 1. The number of phenolic OH excluding ortho intramolecular Hbond substituents is 1. The predicted octanol–water partition coefficient (Wildman–Crippen LogP) is 5.81. The lowest BCUT2D eigenvalue weighted by atomic mass is 9.68. The highest BCUT2D eigenvalue weighted by Crippen LogP contribution is 2.60. The third-order valence-electron chi connectivity index (χ3n) is 6.55. The Morgan fingerprint density at radius 2 is 1.73 bits per heavy atom. The molecule has 1 aliphatic carbocycles. The van der Waals surface area contributed by atoms with Gasteiger partial charge in [0, 0.05) is 16.9 Å². The Labute approximate surface area is 199 Å². The molecule has 0 bridgehead atoms. The number of anilines is 1. The van der Waals surface area contributed by atoms with E-state index in [0.717, 1.165) is 22.4 Å². The van der Waals surface area contributed by atoms with Crippen LogP contribution in [-0.4, -0.2) is 26.7 Å². The first-order valence-corrected chi connectivity index (χ1v) is 11.0. The molecule has 0 radical (unpaired) electrons. The van der Waals surface area contributed by atoms with Crippen molar-refractivity contribution in [2.75, 3.05) is 4.90 Å². The molecular formula is C26H18Cl2FNO3. The highest BCUT2D eigenvalue weighted by molar-refractivity contribution is 6.58. The van der Waals surface area contributed by atoms with Crippen LogP contribution in [0.1, 0.15) is 17.9 Å². The van der Waals surface area contributed by atoms with Crippen LogP contribution in [0, 0.1) is 5.82 Å². The SMILES string of the molecule is C=CC1=CCC2(Cl)C(=O)N(c3ccc(F)cc3)C(=O)C2(Cl)C1c1ccc2ccccc2c1O. The van der Waals surface area contributed by atoms with Gasteiger partial charge in [0.2, 0.25) is 0 Å². The second kappa shape index (κ2) is 7.44. The molecule has 4 nitrogen and oxygen atoms in total. The van der Waals surface area contributed by atoms with Gasteiger partial charge in [0.05, 0.1) is 5.69 Å². The minimum absolute atomic E-state index is 0.00742. The summed E-state index contributed by atoms with van der Waals surface area (Å²) < 4.78 is 13.5. The summed E-state index contributed by atoms with van der Waals surface area (Å²) in [5, 5.41) is 12.6. The van der Waals surface area contributed by atoms with Crippen LogP contribution in [0.5, 0.6) is 5.75 Å². The van der Waals surface area contributed by atoms with Crippen LogP contribution in [0.3, 0.4) is 0 Å². The maximum absolute atomic E-state index is 13.8. The first-order chi connectivity index (χ1) is 15.7. The van der Waals surface area contributed by atoms with Crippen molar-refractivity contribution in [1.82, 2.24) is 0 Å². The molecule has 5 rings (SSSR count). The quantitative estimate of drug-likeness (QED) is 0.379. The fourth-order valence-corrected chi connectivity index (χ4v) is 5.71. The summed E-state index contributed by atoms with van der Waals surface area (Å²) in [6.45, 7) is 3.85. The number of halogens is 3. The van der Waals surface area contributed by atoms with Crippen LogP contribution in [0.15, 0.2) is 85.0 Å². The van der Waals surface area contributed by atoms with E-state index >= 15 is 0 Å². The Hall–Kier alpha value is -3.15. The summed E-state index contributed by atoms with van der Waals surface area (Å²) in [7, 11) is 0. The largest absolute Gasteiger partial charge is 0.507 e. The molecule has 2 aliphatic rings. The number of allylic oxidation sites excluding steroid dienone is 3. The first-order valence-electron chi connectivity index (χ1n) is 10.3. The Balaban J connectivity index is 1.74. The zero-order chi connectivity index (χ0) is 23.5. The van der Waals surface area contributed by atoms with Gasteiger partial charge in [-0.3, -0.25) is 9.59 Å². The number of phenols is 1. The number of imide groups is 1. The van der Waals surface area contributed by atoms with Gasteiger partial charge in [-0.05, 0) is 41.6 Å². The molecule has 33 heavy (non-hydrogen) atoms. The molecule has 0 spiro atoms. The van der Waals surface area contributed by atoms with E-state index < -0.39 is 33.3 Å². The van der Waals surface area contributed by atoms with Crippen molar-refractivity contribution in [3.8, 4) is 5.75 Å². The number of amides is 2. The molecule has 0 aromatic heterocycles. The molecule has 3 aromatic rings. The summed E-state index contributed by atoms with van der Waals surface area (Å²) in [6.07, 6.45) is 3.27. The lowest BCUT2D eigenvalue weighted by Gasteiger charge is -2.42. The van der Waals surface area contributed by atoms with Crippen molar-refractivity contribution in [2.24, 2.45) is 0 Å². The molecular weight excluding hydrogens is 464 g/mol. The minimum Gasteiger partial charge on any atom is -0.507 e. The molecule has 3 aromatic carbocycles. The number of rotatable bonds is 3. The van der Waals surface area contributed by atoms with Crippen LogP contribution < -0.4 is 4.90 Å². The van der Waals surface area contributed by atoms with Gasteiger partial charge in [0.25, 0.3) is 11.8 Å². The maximum atomic E-state index is 13.8. The van der Waals surface area contributed by atoms with Crippen LogP contribution >= 0.6 is 23.2 Å². The number of carbonyl (C=O) groups is 2. The van der Waals surface area contributed by atoms with Crippen LogP contribution in [0.25, 0.3) is 10.8 Å². The standard InChI is InChI=1S/C26H18Cl2FNO3/c1-2-15-13-14-25(27)23(32)30(18-10-8-17(29)9-11-18)24(33)26(25,28)21(15)20-12-7-16-5-3-4-6-19(16)22(20)31/h2-13,21,31H,1,14H2. The third-order valence-corrected chi connectivity index (χ3v) is 7.96. The van der Waals surface area contributed by atoms with Gasteiger partial charge in [-0.1, -0.05) is 55.1 Å². The molecule has 7 heteroatoms. The Morgan fingerprint density at radius 1 is 1.03 bits per heavy atom. The van der Waals surface area contributed by atoms with E-state index in [1.807, 2.05) is 18.2 Å². The average molecular weight is 482 g/mol. The van der Waals surface area contributed by atoms with E-state index in [1.54, 1.807) is 30.4 Å². The van der Waals surface area contributed by atoms with E-state index in [2.05, 4.69) is 6.58 Å². The lowest BCUT2D eigenvalue weighted by molar-refractivity contribution is -0.122. The fourth-order valence-electron chi connectivity index (χ4n) is 4.88. The predicted molar refractivity (Wildman–Crippen MR) is 127 cm³/mol. The van der Waals surface area contributed by atoms with E-state index in [1.165, 1.54) is 12.1 Å². The third kappa shape index (κ3) is 2.82. The summed E-state index contributed by atoms with van der Waals surface area (Å²) >= 11 is 14.0. The van der Waals surface area contributed by atoms with Gasteiger partial charge in [-0.25, -0.2) is 9.29 Å². The molecule has 3 unspecified atom stereocenters. The molecule has 2 amide bonds. The van der Waals surface area contributed by atoms with Crippen molar-refractivity contribution < 1.29 is 19.1 Å². The first kappa shape index (κ1) is 21.7. The van der Waals surface area contributed by atoms with Crippen LogP contribution in [0.2, 0.25) is 0 Å². The Kier molecular flexibility index (Phi) is 4.89. The highest BCUT2D eigenvalue weighted by atomic mass is 35.5. The van der Waals surface area contributed by atoms with E-state index in [9.17, 15) is 19.1 Å². The zero-order valence-corrected chi connectivity index (χ0v) is 18.8. The highest BCUT2D eigenvalue weighted by Gasteiger charge is 2.73. The second-order valence-electron chi connectivity index (χ2n) is 8.20. The normalized spacial score (nSPS) is 26.9. The Morgan fingerprint density at radius 3 is 2.42 bits per heavy atom. The molecule has 3 atom stereocenters. The number of hydrogen-bond donors (Lipinski definition) is 1. The van der Waals surface area contributed by atoms with Crippen molar-refractivity contribution in [3.63, 3.8) is 0 Å². The topological polar surface area (TPSA) is 57.6 Å². The average Bonchev–Trinajstić information content (AvgIpc) is 2.97. The summed E-state index contributed by atoms with van der Waals surface area (Å²) in [6, 6.07) is 15.7. The number of nitrogens with zero attached hydrogens (tertiary/aromatic N) is 1.